The maximum atomic E-state index is 12.5. The predicted molar refractivity (Wildman–Crippen MR) is 129 cm³/mol. The molecule has 1 aliphatic rings. The lowest BCUT2D eigenvalue weighted by Crippen LogP contribution is -2.43. The Hall–Kier alpha value is -2.61. The van der Waals surface area contributed by atoms with Crippen molar-refractivity contribution in [3.05, 3.63) is 64.7 Å². The average Bonchev–Trinajstić information content (AvgIpc) is 2.84. The van der Waals surface area contributed by atoms with Crippen LogP contribution < -0.4 is 15.4 Å². The second-order valence-electron chi connectivity index (χ2n) is 7.81. The van der Waals surface area contributed by atoms with Crippen LogP contribution in [-0.4, -0.2) is 62.7 Å². The van der Waals surface area contributed by atoms with Gasteiger partial charge in [-0.2, -0.15) is 0 Å². The average molecular weight is 474 g/mol. The van der Waals surface area contributed by atoms with Gasteiger partial charge >= 0.3 is 0 Å². The van der Waals surface area contributed by atoms with Crippen molar-refractivity contribution in [1.82, 2.24) is 15.5 Å². The van der Waals surface area contributed by atoms with Crippen molar-refractivity contribution in [1.29, 1.82) is 0 Å². The summed E-state index contributed by atoms with van der Waals surface area (Å²) in [5, 5.41) is 6.61. The maximum Gasteiger partial charge on any atom is 0.255 e. The SMILES string of the molecule is CCOc1ccccc1C(=O)NCCCC(=O)NCC(c1ccc(Cl)cc1)N1CCOCC1. The number of nitrogens with one attached hydrogen (secondary N) is 2. The molecule has 1 atom stereocenters. The van der Waals surface area contributed by atoms with Crippen LogP contribution in [0.5, 0.6) is 5.75 Å². The van der Waals surface area contributed by atoms with Gasteiger partial charge in [0, 0.05) is 37.6 Å². The lowest BCUT2D eigenvalue weighted by Gasteiger charge is -2.35. The van der Waals surface area contributed by atoms with Crippen LogP contribution >= 0.6 is 11.6 Å². The van der Waals surface area contributed by atoms with Crippen molar-refractivity contribution < 1.29 is 19.1 Å². The van der Waals surface area contributed by atoms with E-state index in [1.54, 1.807) is 18.2 Å². The lowest BCUT2D eigenvalue weighted by molar-refractivity contribution is -0.121. The summed E-state index contributed by atoms with van der Waals surface area (Å²) < 4.78 is 11.0. The Labute approximate surface area is 200 Å². The molecule has 1 heterocycles. The van der Waals surface area contributed by atoms with Gasteiger partial charge in [0.15, 0.2) is 0 Å². The molecule has 2 N–H and O–H groups in total. The first-order chi connectivity index (χ1) is 16.1. The van der Waals surface area contributed by atoms with Crippen LogP contribution in [0, 0.1) is 0 Å². The lowest BCUT2D eigenvalue weighted by atomic mass is 10.0. The van der Waals surface area contributed by atoms with Gasteiger partial charge in [-0.1, -0.05) is 35.9 Å². The number of para-hydroxylation sites is 1. The van der Waals surface area contributed by atoms with Crippen LogP contribution in [0.3, 0.4) is 0 Å². The van der Waals surface area contributed by atoms with Crippen molar-refractivity contribution in [3.63, 3.8) is 0 Å². The number of benzene rings is 2. The summed E-state index contributed by atoms with van der Waals surface area (Å²) in [6.07, 6.45) is 0.890. The molecule has 0 spiro atoms. The number of halogens is 1. The van der Waals surface area contributed by atoms with Crippen molar-refractivity contribution in [2.75, 3.05) is 46.0 Å². The molecule has 0 radical (unpaired) electrons. The molecule has 2 aromatic rings. The minimum absolute atomic E-state index is 0.0359. The fraction of sp³-hybridized carbons (Fsp3) is 0.440. The van der Waals surface area contributed by atoms with Crippen molar-refractivity contribution in [2.45, 2.75) is 25.8 Å². The van der Waals surface area contributed by atoms with Crippen LogP contribution in [-0.2, 0) is 9.53 Å². The zero-order valence-corrected chi connectivity index (χ0v) is 19.8. The highest BCUT2D eigenvalue weighted by atomic mass is 35.5. The number of carbonyl (C=O) groups is 2. The summed E-state index contributed by atoms with van der Waals surface area (Å²) in [7, 11) is 0. The number of hydrogen-bond donors (Lipinski definition) is 2. The minimum atomic E-state index is -0.199. The topological polar surface area (TPSA) is 79.9 Å². The van der Waals surface area contributed by atoms with Gasteiger partial charge in [0.05, 0.1) is 31.4 Å². The Kier molecular flexibility index (Phi) is 10.00. The fourth-order valence-corrected chi connectivity index (χ4v) is 3.94. The summed E-state index contributed by atoms with van der Waals surface area (Å²) in [5.41, 5.74) is 1.61. The third-order valence-electron chi connectivity index (χ3n) is 5.53. The van der Waals surface area contributed by atoms with Crippen LogP contribution in [0.15, 0.2) is 48.5 Å². The summed E-state index contributed by atoms with van der Waals surface area (Å²) in [6, 6.07) is 15.0. The van der Waals surface area contributed by atoms with E-state index in [1.165, 1.54) is 0 Å². The van der Waals surface area contributed by atoms with Gasteiger partial charge in [-0.05, 0) is 43.2 Å². The standard InChI is InChI=1S/C25H32ClN3O4/c1-2-33-23-7-4-3-6-21(23)25(31)27-13-5-8-24(30)28-18-22(29-14-16-32-17-15-29)19-9-11-20(26)12-10-19/h3-4,6-7,9-12,22H,2,5,8,13-18H2,1H3,(H,27,31)(H,28,30). The van der Waals surface area contributed by atoms with Gasteiger partial charge in [-0.15, -0.1) is 0 Å². The van der Waals surface area contributed by atoms with E-state index >= 15 is 0 Å². The molecule has 0 aromatic heterocycles. The largest absolute Gasteiger partial charge is 0.493 e. The summed E-state index contributed by atoms with van der Waals surface area (Å²) in [6.45, 7) is 6.30. The fourth-order valence-electron chi connectivity index (χ4n) is 3.81. The summed E-state index contributed by atoms with van der Waals surface area (Å²) >= 11 is 6.05. The highest BCUT2D eigenvalue weighted by Gasteiger charge is 2.23. The number of morpholine rings is 1. The Morgan fingerprint density at radius 1 is 1.09 bits per heavy atom. The van der Waals surface area contributed by atoms with Crippen molar-refractivity contribution >= 4 is 23.4 Å². The van der Waals surface area contributed by atoms with Gasteiger partial charge in [-0.25, -0.2) is 0 Å². The molecule has 8 heteroatoms. The highest BCUT2D eigenvalue weighted by Crippen LogP contribution is 2.23. The van der Waals surface area contributed by atoms with E-state index in [0.717, 1.165) is 18.7 Å². The molecule has 0 bridgehead atoms. The van der Waals surface area contributed by atoms with Gasteiger partial charge in [0.2, 0.25) is 5.91 Å². The number of amides is 2. The van der Waals surface area contributed by atoms with Gasteiger partial charge < -0.3 is 20.1 Å². The normalized spacial score (nSPS) is 15.0. The monoisotopic (exact) mass is 473 g/mol. The van der Waals surface area contributed by atoms with E-state index in [4.69, 9.17) is 21.1 Å². The van der Waals surface area contributed by atoms with Crippen molar-refractivity contribution in [3.8, 4) is 5.75 Å². The van der Waals surface area contributed by atoms with Gasteiger partial charge in [-0.3, -0.25) is 14.5 Å². The molecule has 1 saturated heterocycles. The van der Waals surface area contributed by atoms with E-state index < -0.39 is 0 Å². The zero-order valence-electron chi connectivity index (χ0n) is 19.0. The third kappa shape index (κ3) is 7.74. The Bertz CT molecular complexity index is 901. The van der Waals surface area contributed by atoms with Crippen molar-refractivity contribution in [2.24, 2.45) is 0 Å². The molecule has 1 fully saturated rings. The second-order valence-corrected chi connectivity index (χ2v) is 8.24. The number of rotatable bonds is 11. The molecule has 0 saturated carbocycles. The predicted octanol–water partition coefficient (Wildman–Crippen LogP) is 3.44. The molecular formula is C25H32ClN3O4. The smallest absolute Gasteiger partial charge is 0.255 e. The maximum absolute atomic E-state index is 12.5. The number of carbonyl (C=O) groups excluding carboxylic acids is 2. The van der Waals surface area contributed by atoms with Crippen LogP contribution in [0.1, 0.15) is 41.7 Å². The Morgan fingerprint density at radius 3 is 2.55 bits per heavy atom. The number of ether oxygens (including phenoxy) is 2. The zero-order chi connectivity index (χ0) is 23.5. The van der Waals surface area contributed by atoms with E-state index in [-0.39, 0.29) is 17.9 Å². The number of nitrogens with zero attached hydrogens (tertiary/aromatic N) is 1. The van der Waals surface area contributed by atoms with Crippen LogP contribution in [0.4, 0.5) is 0 Å². The van der Waals surface area contributed by atoms with Crippen LogP contribution in [0.2, 0.25) is 5.02 Å². The molecule has 1 aliphatic heterocycles. The molecular weight excluding hydrogens is 442 g/mol. The quantitative estimate of drug-likeness (QED) is 0.489. The molecule has 1 unspecified atom stereocenters. The first-order valence-electron chi connectivity index (χ1n) is 11.4. The molecule has 33 heavy (non-hydrogen) atoms. The van der Waals surface area contributed by atoms with E-state index in [2.05, 4.69) is 15.5 Å². The van der Waals surface area contributed by atoms with E-state index in [9.17, 15) is 9.59 Å². The molecule has 3 rings (SSSR count). The Balaban J connectivity index is 1.45. The Morgan fingerprint density at radius 2 is 1.82 bits per heavy atom. The second kappa shape index (κ2) is 13.2. The minimum Gasteiger partial charge on any atom is -0.493 e. The van der Waals surface area contributed by atoms with Gasteiger partial charge in [0.1, 0.15) is 5.75 Å². The first kappa shape index (κ1) is 25.0. The van der Waals surface area contributed by atoms with E-state index in [0.29, 0.717) is 62.1 Å². The number of hydrogen-bond acceptors (Lipinski definition) is 5. The molecule has 2 aromatic carbocycles. The molecule has 7 nitrogen and oxygen atoms in total. The summed E-state index contributed by atoms with van der Waals surface area (Å²) in [5.74, 6) is 0.326. The molecule has 2 amide bonds. The molecule has 0 aliphatic carbocycles. The van der Waals surface area contributed by atoms with Gasteiger partial charge in [0.25, 0.3) is 5.91 Å². The van der Waals surface area contributed by atoms with E-state index in [1.807, 2.05) is 37.3 Å². The highest BCUT2D eigenvalue weighted by molar-refractivity contribution is 6.30. The summed E-state index contributed by atoms with van der Waals surface area (Å²) in [4.78, 5) is 27.2. The third-order valence-corrected chi connectivity index (χ3v) is 5.78. The molecule has 178 valence electrons. The van der Waals surface area contributed by atoms with Crippen LogP contribution in [0.25, 0.3) is 0 Å². The first-order valence-corrected chi connectivity index (χ1v) is 11.8.